The van der Waals surface area contributed by atoms with E-state index in [1.807, 2.05) is 24.4 Å². The second-order valence-corrected chi connectivity index (χ2v) is 9.39. The second kappa shape index (κ2) is 7.96. The molecule has 1 aromatic carbocycles. The Morgan fingerprint density at radius 2 is 1.81 bits per heavy atom. The van der Waals surface area contributed by atoms with Crippen LogP contribution < -0.4 is 5.32 Å². The third-order valence-corrected chi connectivity index (χ3v) is 7.51. The van der Waals surface area contributed by atoms with Gasteiger partial charge in [0.15, 0.2) is 0 Å². The summed E-state index contributed by atoms with van der Waals surface area (Å²) in [5, 5.41) is 5.42. The van der Waals surface area contributed by atoms with Crippen LogP contribution in [0.2, 0.25) is 5.02 Å². The van der Waals surface area contributed by atoms with Crippen molar-refractivity contribution in [3.8, 4) is 0 Å². The molecule has 26 heavy (non-hydrogen) atoms. The first-order chi connectivity index (χ1) is 12.4. The molecule has 1 aromatic heterocycles. The van der Waals surface area contributed by atoms with Gasteiger partial charge in [0.05, 0.1) is 10.9 Å². The molecule has 1 fully saturated rings. The van der Waals surface area contributed by atoms with E-state index in [4.69, 9.17) is 11.6 Å². The lowest BCUT2D eigenvalue weighted by molar-refractivity contribution is 0.169. The molecule has 1 saturated heterocycles. The Kier molecular flexibility index (Phi) is 5.86. The topological polar surface area (TPSA) is 69.7 Å². The maximum absolute atomic E-state index is 12.7. The third kappa shape index (κ3) is 4.20. The van der Waals surface area contributed by atoms with Gasteiger partial charge in [-0.1, -0.05) is 17.7 Å². The van der Waals surface area contributed by atoms with Crippen LogP contribution in [-0.2, 0) is 10.0 Å². The zero-order valence-corrected chi connectivity index (χ0v) is 16.6. The van der Waals surface area contributed by atoms with Crippen molar-refractivity contribution in [1.82, 2.24) is 14.5 Å². The summed E-state index contributed by atoms with van der Waals surface area (Å²) < 4.78 is 26.8. The molecule has 2 heterocycles. The normalized spacial score (nSPS) is 17.1. The van der Waals surface area contributed by atoms with Crippen molar-refractivity contribution in [2.24, 2.45) is 0 Å². The first kappa shape index (κ1) is 19.2. The first-order valence-electron chi connectivity index (χ1n) is 8.22. The summed E-state index contributed by atoms with van der Waals surface area (Å²) in [5.41, 5.74) is 0. The van der Waals surface area contributed by atoms with Crippen molar-refractivity contribution in [1.29, 1.82) is 0 Å². The molecule has 0 bridgehead atoms. The fourth-order valence-corrected chi connectivity index (χ4v) is 5.06. The van der Waals surface area contributed by atoms with Gasteiger partial charge in [0.1, 0.15) is 0 Å². The molecule has 0 spiro atoms. The fourth-order valence-electron chi connectivity index (χ4n) is 2.77. The van der Waals surface area contributed by atoms with Crippen LogP contribution in [0.3, 0.4) is 0 Å². The predicted octanol–water partition coefficient (Wildman–Crippen LogP) is 3.18. The quantitative estimate of drug-likeness (QED) is 0.836. The number of carbonyl (C=O) groups excluding carboxylic acids is 1. The summed E-state index contributed by atoms with van der Waals surface area (Å²) in [5.74, 6) is 0. The molecule has 1 aliphatic heterocycles. The van der Waals surface area contributed by atoms with E-state index < -0.39 is 10.0 Å². The van der Waals surface area contributed by atoms with Crippen LogP contribution in [-0.4, -0.2) is 49.8 Å². The van der Waals surface area contributed by atoms with E-state index in [9.17, 15) is 13.2 Å². The molecular weight excluding hydrogens is 394 g/mol. The minimum atomic E-state index is -3.57. The number of halogens is 1. The van der Waals surface area contributed by atoms with Gasteiger partial charge in [-0.25, -0.2) is 13.2 Å². The molecule has 1 aliphatic rings. The second-order valence-electron chi connectivity index (χ2n) is 6.03. The molecule has 0 aliphatic carbocycles. The lowest BCUT2D eigenvalue weighted by Crippen LogP contribution is -2.53. The van der Waals surface area contributed by atoms with Gasteiger partial charge in [-0.3, -0.25) is 0 Å². The summed E-state index contributed by atoms with van der Waals surface area (Å²) in [6, 6.07) is 9.80. The van der Waals surface area contributed by atoms with Gasteiger partial charge in [0, 0.05) is 36.1 Å². The highest BCUT2D eigenvalue weighted by molar-refractivity contribution is 7.89. The molecule has 140 valence electrons. The van der Waals surface area contributed by atoms with Crippen LogP contribution in [0.15, 0.2) is 46.7 Å². The molecular formula is C17H20ClN3O3S2. The van der Waals surface area contributed by atoms with Crippen molar-refractivity contribution in [3.63, 3.8) is 0 Å². The van der Waals surface area contributed by atoms with Crippen LogP contribution in [0, 0.1) is 0 Å². The monoisotopic (exact) mass is 413 g/mol. The predicted molar refractivity (Wildman–Crippen MR) is 103 cm³/mol. The number of piperazine rings is 1. The van der Waals surface area contributed by atoms with Crippen molar-refractivity contribution >= 4 is 39.0 Å². The SMILES string of the molecule is CC(NC(=O)N1CCN(S(=O)(=O)c2ccc(Cl)cc2)CC1)c1cccs1. The lowest BCUT2D eigenvalue weighted by Gasteiger charge is -2.34. The van der Waals surface area contributed by atoms with Crippen LogP contribution in [0.1, 0.15) is 17.8 Å². The standard InChI is InChI=1S/C17H20ClN3O3S2/c1-13(16-3-2-12-25-16)19-17(22)20-8-10-21(11-9-20)26(23,24)15-6-4-14(18)5-7-15/h2-7,12-13H,8-11H2,1H3,(H,19,22). The van der Waals surface area contributed by atoms with Gasteiger partial charge in [-0.05, 0) is 42.6 Å². The van der Waals surface area contributed by atoms with Crippen molar-refractivity contribution < 1.29 is 13.2 Å². The Bertz CT molecular complexity index is 846. The van der Waals surface area contributed by atoms with E-state index >= 15 is 0 Å². The van der Waals surface area contributed by atoms with Gasteiger partial charge < -0.3 is 10.2 Å². The maximum Gasteiger partial charge on any atom is 0.317 e. The van der Waals surface area contributed by atoms with Crippen molar-refractivity contribution in [2.75, 3.05) is 26.2 Å². The summed E-state index contributed by atoms with van der Waals surface area (Å²) in [6.45, 7) is 3.19. The van der Waals surface area contributed by atoms with E-state index in [-0.39, 0.29) is 30.1 Å². The van der Waals surface area contributed by atoms with Crippen LogP contribution in [0.4, 0.5) is 4.79 Å². The smallest absolute Gasteiger partial charge is 0.317 e. The number of rotatable bonds is 4. The minimum Gasteiger partial charge on any atom is -0.331 e. The summed E-state index contributed by atoms with van der Waals surface area (Å²) in [7, 11) is -3.57. The molecule has 9 heteroatoms. The molecule has 0 saturated carbocycles. The van der Waals surface area contributed by atoms with E-state index in [1.54, 1.807) is 28.4 Å². The maximum atomic E-state index is 12.7. The van der Waals surface area contributed by atoms with Gasteiger partial charge in [0.25, 0.3) is 0 Å². The average Bonchev–Trinajstić information content (AvgIpc) is 3.17. The lowest BCUT2D eigenvalue weighted by atomic mass is 10.3. The summed E-state index contributed by atoms with van der Waals surface area (Å²) in [6.07, 6.45) is 0. The number of thiophene rings is 1. The number of sulfonamides is 1. The highest BCUT2D eigenvalue weighted by Gasteiger charge is 2.30. The fraction of sp³-hybridized carbons (Fsp3) is 0.353. The van der Waals surface area contributed by atoms with Gasteiger partial charge in [-0.2, -0.15) is 4.31 Å². The van der Waals surface area contributed by atoms with Crippen LogP contribution in [0.5, 0.6) is 0 Å². The highest BCUT2D eigenvalue weighted by atomic mass is 35.5. The Balaban J connectivity index is 1.58. The Labute approximate surface area is 162 Å². The van der Waals surface area contributed by atoms with Gasteiger partial charge >= 0.3 is 6.03 Å². The Hall–Kier alpha value is -1.61. The zero-order valence-electron chi connectivity index (χ0n) is 14.3. The first-order valence-corrected chi connectivity index (χ1v) is 10.9. The number of nitrogens with one attached hydrogen (secondary N) is 1. The molecule has 1 atom stereocenters. The van der Waals surface area contributed by atoms with E-state index in [0.29, 0.717) is 18.1 Å². The largest absolute Gasteiger partial charge is 0.331 e. The average molecular weight is 414 g/mol. The number of urea groups is 1. The van der Waals surface area contributed by atoms with E-state index in [2.05, 4.69) is 5.32 Å². The number of benzene rings is 1. The minimum absolute atomic E-state index is 0.0710. The van der Waals surface area contributed by atoms with Crippen LogP contribution >= 0.6 is 22.9 Å². The highest BCUT2D eigenvalue weighted by Crippen LogP contribution is 2.21. The molecule has 1 unspecified atom stereocenters. The Morgan fingerprint density at radius 1 is 1.15 bits per heavy atom. The number of hydrogen-bond donors (Lipinski definition) is 1. The molecule has 6 nitrogen and oxygen atoms in total. The van der Waals surface area contributed by atoms with Crippen molar-refractivity contribution in [2.45, 2.75) is 17.9 Å². The van der Waals surface area contributed by atoms with Gasteiger partial charge in [0.2, 0.25) is 10.0 Å². The number of carbonyl (C=O) groups is 1. The Morgan fingerprint density at radius 3 is 2.38 bits per heavy atom. The number of nitrogens with zero attached hydrogens (tertiary/aromatic N) is 2. The van der Waals surface area contributed by atoms with E-state index in [1.165, 1.54) is 16.4 Å². The van der Waals surface area contributed by atoms with Crippen molar-refractivity contribution in [3.05, 3.63) is 51.7 Å². The molecule has 2 aromatic rings. The number of amides is 2. The number of hydrogen-bond acceptors (Lipinski definition) is 4. The molecule has 0 radical (unpaired) electrons. The summed E-state index contributed by atoms with van der Waals surface area (Å²) >= 11 is 7.41. The molecule has 1 N–H and O–H groups in total. The zero-order chi connectivity index (χ0) is 18.7. The molecule has 3 rings (SSSR count). The van der Waals surface area contributed by atoms with Crippen LogP contribution in [0.25, 0.3) is 0 Å². The molecule has 2 amide bonds. The van der Waals surface area contributed by atoms with E-state index in [0.717, 1.165) is 4.88 Å². The summed E-state index contributed by atoms with van der Waals surface area (Å²) in [4.78, 5) is 15.4. The third-order valence-electron chi connectivity index (χ3n) is 4.29. The van der Waals surface area contributed by atoms with Gasteiger partial charge in [-0.15, -0.1) is 11.3 Å².